The lowest BCUT2D eigenvalue weighted by molar-refractivity contribution is -0.159. The van der Waals surface area contributed by atoms with E-state index in [9.17, 15) is 22.8 Å². The van der Waals surface area contributed by atoms with Gasteiger partial charge in [0.05, 0.1) is 25.3 Å². The first-order valence-electron chi connectivity index (χ1n) is 10.9. The molecule has 0 saturated carbocycles. The van der Waals surface area contributed by atoms with Gasteiger partial charge in [0.2, 0.25) is 11.9 Å². The van der Waals surface area contributed by atoms with E-state index >= 15 is 0 Å². The average molecular weight is 473 g/mol. The van der Waals surface area contributed by atoms with E-state index in [1.807, 2.05) is 4.90 Å². The van der Waals surface area contributed by atoms with Gasteiger partial charge in [-0.1, -0.05) is 0 Å². The zero-order chi connectivity index (χ0) is 24.2. The van der Waals surface area contributed by atoms with Crippen molar-refractivity contribution in [3.05, 3.63) is 18.0 Å². The van der Waals surface area contributed by atoms with Gasteiger partial charge in [-0.25, -0.2) is 9.97 Å². The van der Waals surface area contributed by atoms with Crippen molar-refractivity contribution >= 4 is 17.8 Å². The van der Waals surface area contributed by atoms with Gasteiger partial charge in [0.1, 0.15) is 5.60 Å². The Labute approximate surface area is 190 Å². The number of anilines is 1. The maximum Gasteiger partial charge on any atom is 0.419 e. The summed E-state index contributed by atoms with van der Waals surface area (Å²) < 4.78 is 49.0. The normalized spacial score (nSPS) is 20.6. The monoisotopic (exact) mass is 473 g/mol. The minimum Gasteiger partial charge on any atom is -0.459 e. The molecule has 2 aliphatic heterocycles. The lowest BCUT2D eigenvalue weighted by Crippen LogP contribution is -2.53. The number of ether oxygens (including phenoxy) is 2. The molecule has 184 valence electrons. The second-order valence-electron chi connectivity index (χ2n) is 9.13. The lowest BCUT2D eigenvalue weighted by atomic mass is 10.1. The van der Waals surface area contributed by atoms with Crippen LogP contribution in [-0.4, -0.2) is 95.8 Å². The summed E-state index contributed by atoms with van der Waals surface area (Å²) in [6, 6.07) is -0.227. The van der Waals surface area contributed by atoms with Crippen LogP contribution < -0.4 is 4.90 Å². The summed E-state index contributed by atoms with van der Waals surface area (Å²) in [6.07, 6.45) is -2.74. The van der Waals surface area contributed by atoms with Crippen molar-refractivity contribution in [1.29, 1.82) is 0 Å². The van der Waals surface area contributed by atoms with Crippen LogP contribution in [0.5, 0.6) is 0 Å². The first kappa shape index (κ1) is 25.2. The fourth-order valence-corrected chi connectivity index (χ4v) is 3.74. The highest BCUT2D eigenvalue weighted by Gasteiger charge is 2.33. The number of piperazine rings is 1. The molecule has 12 heteroatoms. The summed E-state index contributed by atoms with van der Waals surface area (Å²) in [5, 5.41) is 0. The molecular weight excluding hydrogens is 443 g/mol. The number of morpholine rings is 1. The lowest BCUT2D eigenvalue weighted by Gasteiger charge is -2.38. The summed E-state index contributed by atoms with van der Waals surface area (Å²) in [6.45, 7) is 8.54. The number of nitrogens with zero attached hydrogens (tertiary/aromatic N) is 5. The van der Waals surface area contributed by atoms with E-state index in [-0.39, 0.29) is 36.8 Å². The Morgan fingerprint density at radius 3 is 2.30 bits per heavy atom. The van der Waals surface area contributed by atoms with E-state index in [0.717, 1.165) is 12.4 Å². The molecule has 0 aliphatic carbocycles. The Kier molecular flexibility index (Phi) is 7.78. The van der Waals surface area contributed by atoms with E-state index in [0.29, 0.717) is 45.9 Å². The zero-order valence-corrected chi connectivity index (χ0v) is 19.1. The van der Waals surface area contributed by atoms with Crippen LogP contribution in [0.4, 0.5) is 19.1 Å². The number of hydrogen-bond donors (Lipinski definition) is 0. The minimum atomic E-state index is -4.48. The van der Waals surface area contributed by atoms with Crippen molar-refractivity contribution < 1.29 is 32.2 Å². The highest BCUT2D eigenvalue weighted by atomic mass is 19.4. The van der Waals surface area contributed by atoms with Crippen molar-refractivity contribution in [3.63, 3.8) is 0 Å². The molecule has 33 heavy (non-hydrogen) atoms. The number of alkyl halides is 3. The molecule has 9 nitrogen and oxygen atoms in total. The van der Waals surface area contributed by atoms with E-state index < -0.39 is 17.3 Å². The smallest absolute Gasteiger partial charge is 0.419 e. The summed E-state index contributed by atoms with van der Waals surface area (Å²) in [5.41, 5.74) is -1.48. The van der Waals surface area contributed by atoms with E-state index in [1.54, 1.807) is 30.6 Å². The van der Waals surface area contributed by atoms with Crippen LogP contribution in [-0.2, 0) is 25.2 Å². The SMILES string of the molecule is CC(C)(C)OC(=O)CN1CCOC[C@@H]1CC(=O)N1CCN(c2ncc(C(F)(F)F)cn2)CC1. The second kappa shape index (κ2) is 10.2. The van der Waals surface area contributed by atoms with Crippen LogP contribution in [0.25, 0.3) is 0 Å². The topological polar surface area (TPSA) is 88.1 Å². The number of esters is 1. The summed E-state index contributed by atoms with van der Waals surface area (Å²) >= 11 is 0. The van der Waals surface area contributed by atoms with Gasteiger partial charge in [-0.05, 0) is 20.8 Å². The first-order valence-corrected chi connectivity index (χ1v) is 10.9. The molecule has 0 bridgehead atoms. The van der Waals surface area contributed by atoms with Gasteiger partial charge in [0.15, 0.2) is 0 Å². The van der Waals surface area contributed by atoms with Crippen molar-refractivity contribution in [3.8, 4) is 0 Å². The highest BCUT2D eigenvalue weighted by molar-refractivity contribution is 5.77. The number of carbonyl (C=O) groups is 2. The summed E-state index contributed by atoms with van der Waals surface area (Å²) in [4.78, 5) is 38.1. The summed E-state index contributed by atoms with van der Waals surface area (Å²) in [5.74, 6) is -0.195. The molecule has 3 heterocycles. The second-order valence-corrected chi connectivity index (χ2v) is 9.13. The number of rotatable bonds is 5. The molecule has 0 radical (unpaired) electrons. The number of hydrogen-bond acceptors (Lipinski definition) is 8. The predicted molar refractivity (Wildman–Crippen MR) is 112 cm³/mol. The molecule has 0 spiro atoms. The van der Waals surface area contributed by atoms with Gasteiger partial charge in [0, 0.05) is 57.6 Å². The molecule has 2 saturated heterocycles. The van der Waals surface area contributed by atoms with Crippen molar-refractivity contribution in [2.45, 2.75) is 45.0 Å². The molecule has 3 rings (SSSR count). The third-order valence-electron chi connectivity index (χ3n) is 5.39. The van der Waals surface area contributed by atoms with E-state index in [1.165, 1.54) is 0 Å². The third-order valence-corrected chi connectivity index (χ3v) is 5.39. The quantitative estimate of drug-likeness (QED) is 0.596. The Morgan fingerprint density at radius 2 is 1.73 bits per heavy atom. The maximum atomic E-state index is 12.9. The van der Waals surface area contributed by atoms with Crippen LogP contribution in [0.2, 0.25) is 0 Å². The average Bonchev–Trinajstić information content (AvgIpc) is 2.73. The van der Waals surface area contributed by atoms with Gasteiger partial charge in [-0.2, -0.15) is 13.2 Å². The Bertz CT molecular complexity index is 821. The predicted octanol–water partition coefficient (Wildman–Crippen LogP) is 1.58. The molecule has 0 N–H and O–H groups in total. The molecule has 2 aliphatic rings. The van der Waals surface area contributed by atoms with Crippen LogP contribution >= 0.6 is 0 Å². The van der Waals surface area contributed by atoms with Crippen molar-refractivity contribution in [2.75, 3.05) is 57.4 Å². The number of carbonyl (C=O) groups excluding carboxylic acids is 2. The Hall–Kier alpha value is -2.47. The van der Waals surface area contributed by atoms with Gasteiger partial charge in [-0.15, -0.1) is 0 Å². The van der Waals surface area contributed by atoms with Crippen LogP contribution in [0.15, 0.2) is 12.4 Å². The maximum absolute atomic E-state index is 12.9. The molecule has 2 fully saturated rings. The fourth-order valence-electron chi connectivity index (χ4n) is 3.74. The fraction of sp³-hybridized carbons (Fsp3) is 0.714. The molecule has 1 aromatic heterocycles. The molecule has 1 aromatic rings. The molecule has 0 aromatic carbocycles. The summed E-state index contributed by atoms with van der Waals surface area (Å²) in [7, 11) is 0. The van der Waals surface area contributed by atoms with Gasteiger partial charge >= 0.3 is 12.1 Å². The van der Waals surface area contributed by atoms with Crippen molar-refractivity contribution in [2.24, 2.45) is 0 Å². The number of aromatic nitrogens is 2. The van der Waals surface area contributed by atoms with Gasteiger partial charge in [-0.3, -0.25) is 14.5 Å². The first-order chi connectivity index (χ1) is 15.4. The number of amides is 1. The minimum absolute atomic E-state index is 0.0623. The molecule has 1 atom stereocenters. The Balaban J connectivity index is 1.51. The zero-order valence-electron chi connectivity index (χ0n) is 19.1. The van der Waals surface area contributed by atoms with Gasteiger partial charge < -0.3 is 19.3 Å². The highest BCUT2D eigenvalue weighted by Crippen LogP contribution is 2.28. The van der Waals surface area contributed by atoms with E-state index in [2.05, 4.69) is 9.97 Å². The number of halogens is 3. The van der Waals surface area contributed by atoms with Gasteiger partial charge in [0.25, 0.3) is 0 Å². The molecular formula is C21H30F3N5O4. The van der Waals surface area contributed by atoms with Crippen LogP contribution in [0.3, 0.4) is 0 Å². The van der Waals surface area contributed by atoms with Crippen molar-refractivity contribution in [1.82, 2.24) is 19.8 Å². The standard InChI is InChI=1S/C21H30F3N5O4/c1-20(2,3)33-18(31)13-29-8-9-32-14-16(29)10-17(30)27-4-6-28(7-5-27)19-25-11-15(12-26-19)21(22,23)24/h11-12,16H,4-10,13-14H2,1-3H3/t16-/m0/s1. The third kappa shape index (κ3) is 7.26. The van der Waals surface area contributed by atoms with Crippen LogP contribution in [0, 0.1) is 0 Å². The Morgan fingerprint density at radius 1 is 1.09 bits per heavy atom. The van der Waals surface area contributed by atoms with Crippen LogP contribution in [0.1, 0.15) is 32.8 Å². The van der Waals surface area contributed by atoms with E-state index in [4.69, 9.17) is 9.47 Å². The largest absolute Gasteiger partial charge is 0.459 e. The molecule has 1 amide bonds. The molecule has 0 unspecified atom stereocenters.